The second-order valence-corrected chi connectivity index (χ2v) is 7.51. The first-order valence-corrected chi connectivity index (χ1v) is 9.95. The highest BCUT2D eigenvalue weighted by molar-refractivity contribution is 7.11. The van der Waals surface area contributed by atoms with Gasteiger partial charge in [-0.25, -0.2) is 4.98 Å². The summed E-state index contributed by atoms with van der Waals surface area (Å²) in [5.74, 6) is 1.40. The van der Waals surface area contributed by atoms with Crippen LogP contribution in [-0.2, 0) is 0 Å². The van der Waals surface area contributed by atoms with Crippen molar-refractivity contribution in [1.82, 2.24) is 4.98 Å². The first-order chi connectivity index (χ1) is 13.6. The highest BCUT2D eigenvalue weighted by Gasteiger charge is 2.13. The molecule has 1 N–H and O–H groups in total. The molecule has 1 aliphatic rings. The van der Waals surface area contributed by atoms with E-state index in [-0.39, 0.29) is 0 Å². The Morgan fingerprint density at radius 3 is 2.71 bits per heavy atom. The molecule has 0 radical (unpaired) electrons. The van der Waals surface area contributed by atoms with E-state index in [0.29, 0.717) is 45.3 Å². The predicted octanol–water partition coefficient (Wildman–Crippen LogP) is 5.86. The smallest absolute Gasteiger partial charge is 0.163 e. The number of halogens is 2. The molecular weight excluding hydrogens is 417 g/mol. The Labute approximate surface area is 175 Å². The molecule has 1 aliphatic heterocycles. The highest BCUT2D eigenvalue weighted by Crippen LogP contribution is 2.33. The Morgan fingerprint density at radius 1 is 1.11 bits per heavy atom. The van der Waals surface area contributed by atoms with Gasteiger partial charge in [0.25, 0.3) is 0 Å². The maximum atomic E-state index is 9.54. The van der Waals surface area contributed by atoms with Crippen LogP contribution in [0.15, 0.2) is 48.0 Å². The summed E-state index contributed by atoms with van der Waals surface area (Å²) in [5, 5.41) is 16.1. The second kappa shape index (κ2) is 8.11. The Kier molecular flexibility index (Phi) is 5.40. The quantitative estimate of drug-likeness (QED) is 0.525. The Hall–Kier alpha value is -2.72. The lowest BCUT2D eigenvalue weighted by molar-refractivity contribution is 0.171. The highest BCUT2D eigenvalue weighted by atomic mass is 35.5. The third-order valence-electron chi connectivity index (χ3n) is 4.00. The van der Waals surface area contributed by atoms with E-state index in [1.807, 2.05) is 29.6 Å². The lowest BCUT2D eigenvalue weighted by Crippen LogP contribution is -2.15. The normalized spacial score (nSPS) is 13.1. The van der Waals surface area contributed by atoms with E-state index in [0.717, 1.165) is 16.9 Å². The number of fused-ring (bicyclic) bond motifs is 1. The van der Waals surface area contributed by atoms with E-state index < -0.39 is 0 Å². The number of benzene rings is 2. The van der Waals surface area contributed by atoms with Crippen LogP contribution < -0.4 is 14.8 Å². The number of allylic oxidation sites excluding steroid dienone is 1. The molecule has 0 aliphatic carbocycles. The summed E-state index contributed by atoms with van der Waals surface area (Å²) in [6, 6.07) is 13.0. The first-order valence-electron chi connectivity index (χ1n) is 8.32. The number of aromatic nitrogens is 1. The van der Waals surface area contributed by atoms with E-state index in [1.54, 1.807) is 18.3 Å². The lowest BCUT2D eigenvalue weighted by atomic mass is 10.2. The number of anilines is 1. The fourth-order valence-corrected chi connectivity index (χ4v) is 3.71. The van der Waals surface area contributed by atoms with Gasteiger partial charge in [-0.15, -0.1) is 11.3 Å². The number of hydrogen-bond acceptors (Lipinski definition) is 6. The molecule has 8 heteroatoms. The van der Waals surface area contributed by atoms with E-state index in [1.165, 1.54) is 11.3 Å². The van der Waals surface area contributed by atoms with Gasteiger partial charge in [-0.3, -0.25) is 0 Å². The van der Waals surface area contributed by atoms with Gasteiger partial charge in [0.05, 0.1) is 15.7 Å². The van der Waals surface area contributed by atoms with Gasteiger partial charge < -0.3 is 14.8 Å². The average Bonchev–Trinajstić information content (AvgIpc) is 3.20. The van der Waals surface area contributed by atoms with Crippen molar-refractivity contribution < 1.29 is 9.47 Å². The number of nitrogens with one attached hydrogen (secondary N) is 1. The van der Waals surface area contributed by atoms with Gasteiger partial charge >= 0.3 is 0 Å². The zero-order valence-corrected chi connectivity index (χ0v) is 16.7. The van der Waals surface area contributed by atoms with Gasteiger partial charge in [0.15, 0.2) is 11.5 Å². The fraction of sp³-hybridized carbons (Fsp3) is 0.100. The molecule has 2 aromatic carbocycles. The summed E-state index contributed by atoms with van der Waals surface area (Å²) in [6.07, 6.45) is 1.63. The van der Waals surface area contributed by atoms with Crippen LogP contribution in [0.5, 0.6) is 11.5 Å². The van der Waals surface area contributed by atoms with Crippen molar-refractivity contribution in [1.29, 1.82) is 5.26 Å². The molecule has 0 saturated heterocycles. The molecule has 0 fully saturated rings. The molecule has 3 aromatic rings. The molecular formula is C20H13Cl2N3O2S. The van der Waals surface area contributed by atoms with Crippen molar-refractivity contribution in [3.05, 3.63) is 63.0 Å². The van der Waals surface area contributed by atoms with Crippen molar-refractivity contribution in [3.63, 3.8) is 0 Å². The van der Waals surface area contributed by atoms with Crippen LogP contribution in [0.4, 0.5) is 5.69 Å². The Balaban J connectivity index is 1.55. The van der Waals surface area contributed by atoms with Gasteiger partial charge in [-0.2, -0.15) is 5.26 Å². The summed E-state index contributed by atoms with van der Waals surface area (Å²) >= 11 is 13.4. The van der Waals surface area contributed by atoms with Gasteiger partial charge in [0.2, 0.25) is 0 Å². The topological polar surface area (TPSA) is 67.2 Å². The van der Waals surface area contributed by atoms with E-state index >= 15 is 0 Å². The van der Waals surface area contributed by atoms with E-state index in [9.17, 15) is 5.26 Å². The third-order valence-corrected chi connectivity index (χ3v) is 5.61. The van der Waals surface area contributed by atoms with Crippen LogP contribution in [0.2, 0.25) is 10.0 Å². The molecule has 5 nitrogen and oxygen atoms in total. The van der Waals surface area contributed by atoms with Crippen molar-refractivity contribution in [2.45, 2.75) is 0 Å². The number of nitrogens with zero attached hydrogens (tertiary/aromatic N) is 2. The van der Waals surface area contributed by atoms with Crippen LogP contribution in [0.3, 0.4) is 0 Å². The van der Waals surface area contributed by atoms with Crippen molar-refractivity contribution in [2.75, 3.05) is 18.5 Å². The number of rotatable bonds is 4. The minimum atomic E-state index is 0.422. The largest absolute Gasteiger partial charge is 0.486 e. The maximum absolute atomic E-state index is 9.54. The van der Waals surface area contributed by atoms with Crippen molar-refractivity contribution in [3.8, 4) is 28.8 Å². The number of nitriles is 1. The minimum Gasteiger partial charge on any atom is -0.486 e. The molecule has 0 amide bonds. The number of ether oxygens (including phenoxy) is 2. The second-order valence-electron chi connectivity index (χ2n) is 5.84. The summed E-state index contributed by atoms with van der Waals surface area (Å²) in [4.78, 5) is 4.55. The van der Waals surface area contributed by atoms with Gasteiger partial charge in [-0.05, 0) is 24.3 Å². The van der Waals surface area contributed by atoms with E-state index in [4.69, 9.17) is 32.7 Å². The van der Waals surface area contributed by atoms with E-state index in [2.05, 4.69) is 16.4 Å². The molecule has 0 spiro atoms. The van der Waals surface area contributed by atoms with Crippen LogP contribution in [0.1, 0.15) is 5.01 Å². The van der Waals surface area contributed by atoms with Gasteiger partial charge in [0, 0.05) is 28.9 Å². The number of hydrogen-bond donors (Lipinski definition) is 1. The average molecular weight is 430 g/mol. The molecule has 0 saturated carbocycles. The Bertz CT molecular complexity index is 1110. The van der Waals surface area contributed by atoms with Gasteiger partial charge in [-0.1, -0.05) is 29.3 Å². The van der Waals surface area contributed by atoms with Crippen LogP contribution >= 0.6 is 34.5 Å². The van der Waals surface area contributed by atoms with Crippen LogP contribution in [0.25, 0.3) is 16.8 Å². The summed E-state index contributed by atoms with van der Waals surface area (Å²) in [5.41, 5.74) is 2.79. The molecule has 1 aromatic heterocycles. The fourth-order valence-electron chi connectivity index (χ4n) is 2.62. The predicted molar refractivity (Wildman–Crippen MR) is 112 cm³/mol. The molecule has 0 bridgehead atoms. The molecule has 0 unspecified atom stereocenters. The number of thiazole rings is 1. The summed E-state index contributed by atoms with van der Waals surface area (Å²) in [6.45, 7) is 1.07. The SMILES string of the molecule is N#C/C(=C\Nc1ccc2c(c1)OCCO2)c1nc(-c2ccc(Cl)c(Cl)c2)cs1. The molecule has 28 heavy (non-hydrogen) atoms. The lowest BCUT2D eigenvalue weighted by Gasteiger charge is -2.18. The Morgan fingerprint density at radius 2 is 1.93 bits per heavy atom. The van der Waals surface area contributed by atoms with Crippen molar-refractivity contribution in [2.24, 2.45) is 0 Å². The zero-order valence-electron chi connectivity index (χ0n) is 14.4. The molecule has 4 rings (SSSR count). The van der Waals surface area contributed by atoms with Gasteiger partial charge in [0.1, 0.15) is 29.9 Å². The zero-order chi connectivity index (χ0) is 19.5. The maximum Gasteiger partial charge on any atom is 0.163 e. The molecule has 0 atom stereocenters. The summed E-state index contributed by atoms with van der Waals surface area (Å²) in [7, 11) is 0. The standard InChI is InChI=1S/C20H13Cl2N3O2S/c21-15-3-1-12(7-16(15)22)17-11-28-20(25-17)13(9-23)10-24-14-2-4-18-19(8-14)27-6-5-26-18/h1-4,7-8,10-11,24H,5-6H2/b13-10+. The monoisotopic (exact) mass is 429 g/mol. The first kappa shape index (κ1) is 18.6. The van der Waals surface area contributed by atoms with Crippen LogP contribution in [0, 0.1) is 11.3 Å². The minimum absolute atomic E-state index is 0.422. The van der Waals surface area contributed by atoms with Crippen molar-refractivity contribution >= 4 is 45.8 Å². The van der Waals surface area contributed by atoms with Crippen LogP contribution in [-0.4, -0.2) is 18.2 Å². The molecule has 2 heterocycles. The summed E-state index contributed by atoms with van der Waals surface area (Å²) < 4.78 is 11.1. The molecule has 140 valence electrons. The third kappa shape index (κ3) is 3.92.